The van der Waals surface area contributed by atoms with Gasteiger partial charge in [0, 0.05) is 19.1 Å². The van der Waals surface area contributed by atoms with Crippen molar-refractivity contribution in [3.8, 4) is 0 Å². The second-order valence-electron chi connectivity index (χ2n) is 8.46. The van der Waals surface area contributed by atoms with Crippen molar-refractivity contribution in [3.63, 3.8) is 0 Å². The van der Waals surface area contributed by atoms with Crippen LogP contribution in [-0.4, -0.2) is 47.8 Å². The molecule has 2 fully saturated rings. The van der Waals surface area contributed by atoms with E-state index in [4.69, 9.17) is 9.90 Å². The summed E-state index contributed by atoms with van der Waals surface area (Å²) in [5.41, 5.74) is 0.147. The Morgan fingerprint density at radius 1 is 1.00 bits per heavy atom. The van der Waals surface area contributed by atoms with Crippen LogP contribution in [0.3, 0.4) is 0 Å². The van der Waals surface area contributed by atoms with Crippen LogP contribution in [0.1, 0.15) is 56.1 Å². The van der Waals surface area contributed by atoms with E-state index in [1.165, 1.54) is 50.8 Å². The molecule has 0 bridgehead atoms. The summed E-state index contributed by atoms with van der Waals surface area (Å²) in [5.74, 6) is -1.88. The van der Waals surface area contributed by atoms with Crippen molar-refractivity contribution in [1.82, 2.24) is 10.2 Å². The maximum absolute atomic E-state index is 12.8. The van der Waals surface area contributed by atoms with Crippen molar-refractivity contribution < 1.29 is 36.2 Å². The number of nitrogens with zero attached hydrogens (tertiary/aromatic N) is 1. The van der Waals surface area contributed by atoms with Gasteiger partial charge in [0.05, 0.1) is 5.56 Å². The van der Waals surface area contributed by atoms with Gasteiger partial charge in [-0.2, -0.15) is 26.3 Å². The predicted octanol–water partition coefficient (Wildman–Crippen LogP) is 5.47. The fourth-order valence-corrected chi connectivity index (χ4v) is 4.17. The standard InChI is InChI=1S/C20H29F3N2.C2HF3O2/c21-20(22,23)18-8-4-7-17(13-18)14-24-19-9-11-25(12-10-19)15-16-5-2-1-3-6-16;3-2(4,5)1(6)7/h4,7-8,13,16,19,24H,1-3,5-6,9-12,14-15H2;(H,6,7). The molecule has 32 heavy (non-hydrogen) atoms. The van der Waals surface area contributed by atoms with Crippen LogP contribution in [-0.2, 0) is 17.5 Å². The van der Waals surface area contributed by atoms with E-state index in [0.29, 0.717) is 18.2 Å². The van der Waals surface area contributed by atoms with E-state index in [9.17, 15) is 26.3 Å². The van der Waals surface area contributed by atoms with Crippen molar-refractivity contribution in [3.05, 3.63) is 35.4 Å². The number of carbonyl (C=O) groups is 1. The lowest BCUT2D eigenvalue weighted by Gasteiger charge is -2.35. The smallest absolute Gasteiger partial charge is 0.475 e. The second kappa shape index (κ2) is 11.9. The molecule has 182 valence electrons. The van der Waals surface area contributed by atoms with Crippen LogP contribution >= 0.6 is 0 Å². The van der Waals surface area contributed by atoms with E-state index >= 15 is 0 Å². The lowest BCUT2D eigenvalue weighted by atomic mass is 9.88. The molecule has 10 heteroatoms. The normalized spacial score (nSPS) is 19.3. The molecule has 2 N–H and O–H groups in total. The van der Waals surface area contributed by atoms with Crippen molar-refractivity contribution in [2.45, 2.75) is 69.9 Å². The fourth-order valence-electron chi connectivity index (χ4n) is 4.17. The highest BCUT2D eigenvalue weighted by Gasteiger charge is 2.38. The van der Waals surface area contributed by atoms with Gasteiger partial charge < -0.3 is 15.3 Å². The average Bonchev–Trinajstić information content (AvgIpc) is 2.73. The van der Waals surface area contributed by atoms with Gasteiger partial charge in [0.2, 0.25) is 0 Å². The number of benzene rings is 1. The van der Waals surface area contributed by atoms with Crippen molar-refractivity contribution in [1.29, 1.82) is 0 Å². The number of piperidine rings is 1. The Morgan fingerprint density at radius 3 is 2.12 bits per heavy atom. The number of alkyl halides is 6. The molecule has 1 heterocycles. The zero-order chi connectivity index (χ0) is 23.8. The number of halogens is 6. The number of hydrogen-bond acceptors (Lipinski definition) is 3. The van der Waals surface area contributed by atoms with Gasteiger partial charge in [-0.25, -0.2) is 4.79 Å². The lowest BCUT2D eigenvalue weighted by molar-refractivity contribution is -0.192. The first-order valence-electron chi connectivity index (χ1n) is 10.9. The van der Waals surface area contributed by atoms with Gasteiger partial charge in [0.1, 0.15) is 0 Å². The maximum Gasteiger partial charge on any atom is 0.490 e. The summed E-state index contributed by atoms with van der Waals surface area (Å²) >= 11 is 0. The van der Waals surface area contributed by atoms with Crippen LogP contribution in [0.25, 0.3) is 0 Å². The summed E-state index contributed by atoms with van der Waals surface area (Å²) in [6, 6.07) is 6.06. The number of carboxylic acid groups (broad SMARTS) is 1. The highest BCUT2D eigenvalue weighted by atomic mass is 19.4. The summed E-state index contributed by atoms with van der Waals surface area (Å²) in [7, 11) is 0. The average molecular weight is 468 g/mol. The van der Waals surface area contributed by atoms with Gasteiger partial charge >= 0.3 is 18.3 Å². The highest BCUT2D eigenvalue weighted by Crippen LogP contribution is 2.29. The Hall–Kier alpha value is -1.81. The number of carboxylic acids is 1. The van der Waals surface area contributed by atoms with Gasteiger partial charge in [-0.3, -0.25) is 0 Å². The van der Waals surface area contributed by atoms with Crippen molar-refractivity contribution >= 4 is 5.97 Å². The number of likely N-dealkylation sites (tertiary alicyclic amines) is 1. The van der Waals surface area contributed by atoms with Crippen LogP contribution in [0.5, 0.6) is 0 Å². The molecule has 0 atom stereocenters. The number of nitrogens with one attached hydrogen (secondary N) is 1. The molecule has 0 aromatic heterocycles. The van der Waals surface area contributed by atoms with E-state index in [2.05, 4.69) is 10.2 Å². The molecule has 1 saturated carbocycles. The van der Waals surface area contributed by atoms with Crippen LogP contribution < -0.4 is 5.32 Å². The van der Waals surface area contributed by atoms with E-state index in [1.54, 1.807) is 6.07 Å². The molecule has 0 unspecified atom stereocenters. The van der Waals surface area contributed by atoms with Crippen LogP contribution in [0.4, 0.5) is 26.3 Å². The van der Waals surface area contributed by atoms with E-state index in [-0.39, 0.29) is 0 Å². The third-order valence-electron chi connectivity index (χ3n) is 5.92. The summed E-state index contributed by atoms with van der Waals surface area (Å²) in [6.45, 7) is 3.96. The highest BCUT2D eigenvalue weighted by molar-refractivity contribution is 5.73. The molecule has 0 radical (unpaired) electrons. The molecule has 1 aromatic rings. The minimum absolute atomic E-state index is 0.414. The zero-order valence-electron chi connectivity index (χ0n) is 17.8. The monoisotopic (exact) mass is 468 g/mol. The Labute approximate surface area is 184 Å². The SMILES string of the molecule is FC(F)(F)c1cccc(CNC2CCN(CC3CCCCC3)CC2)c1.O=C(O)C(F)(F)F. The Kier molecular flexibility index (Phi) is 9.82. The van der Waals surface area contributed by atoms with Crippen molar-refractivity contribution in [2.75, 3.05) is 19.6 Å². The maximum atomic E-state index is 12.8. The first-order valence-corrected chi connectivity index (χ1v) is 10.9. The quantitative estimate of drug-likeness (QED) is 0.563. The van der Waals surface area contributed by atoms with Gasteiger partial charge in [0.25, 0.3) is 0 Å². The molecule has 1 aliphatic carbocycles. The molecule has 1 saturated heterocycles. The van der Waals surface area contributed by atoms with Crippen LogP contribution in [0.15, 0.2) is 24.3 Å². The Morgan fingerprint density at radius 2 is 1.59 bits per heavy atom. The van der Waals surface area contributed by atoms with Gasteiger partial charge in [-0.15, -0.1) is 0 Å². The third kappa shape index (κ3) is 9.36. The van der Waals surface area contributed by atoms with E-state index in [1.807, 2.05) is 0 Å². The topological polar surface area (TPSA) is 52.6 Å². The number of hydrogen-bond donors (Lipinski definition) is 2. The molecule has 1 aliphatic heterocycles. The Balaban J connectivity index is 0.000000451. The van der Waals surface area contributed by atoms with Gasteiger partial charge in [-0.1, -0.05) is 37.5 Å². The first kappa shape index (κ1) is 26.4. The lowest BCUT2D eigenvalue weighted by Crippen LogP contribution is -2.44. The predicted molar refractivity (Wildman–Crippen MR) is 108 cm³/mol. The molecule has 0 amide bonds. The van der Waals surface area contributed by atoms with E-state index in [0.717, 1.165) is 37.9 Å². The minimum atomic E-state index is -5.08. The zero-order valence-corrected chi connectivity index (χ0v) is 17.8. The summed E-state index contributed by atoms with van der Waals surface area (Å²) in [4.78, 5) is 11.5. The van der Waals surface area contributed by atoms with Crippen molar-refractivity contribution in [2.24, 2.45) is 5.92 Å². The summed E-state index contributed by atoms with van der Waals surface area (Å²) in [5, 5.41) is 10.6. The van der Waals surface area contributed by atoms with E-state index < -0.39 is 23.9 Å². The minimum Gasteiger partial charge on any atom is -0.475 e. The summed E-state index contributed by atoms with van der Waals surface area (Å²) in [6.07, 6.45) is -0.226. The van der Waals surface area contributed by atoms with Crippen LogP contribution in [0, 0.1) is 5.92 Å². The Bertz CT molecular complexity index is 709. The molecule has 2 aliphatic rings. The molecule has 1 aromatic carbocycles. The fraction of sp³-hybridized carbons (Fsp3) is 0.682. The van der Waals surface area contributed by atoms with Crippen LogP contribution in [0.2, 0.25) is 0 Å². The number of rotatable bonds is 5. The molecule has 0 spiro atoms. The number of aliphatic carboxylic acids is 1. The second-order valence-corrected chi connectivity index (χ2v) is 8.46. The molecule has 3 rings (SSSR count). The first-order chi connectivity index (χ1) is 14.9. The summed E-state index contributed by atoms with van der Waals surface area (Å²) < 4.78 is 70.1. The van der Waals surface area contributed by atoms with Gasteiger partial charge in [0.15, 0.2) is 0 Å². The molecular weight excluding hydrogens is 438 g/mol. The van der Waals surface area contributed by atoms with Gasteiger partial charge in [-0.05, 0) is 56.3 Å². The molecule has 4 nitrogen and oxygen atoms in total. The molecular formula is C22H30F6N2O2. The third-order valence-corrected chi connectivity index (χ3v) is 5.92. The largest absolute Gasteiger partial charge is 0.490 e.